The van der Waals surface area contributed by atoms with E-state index in [-0.39, 0.29) is 5.82 Å². The number of hydrogen-bond donors (Lipinski definition) is 1. The van der Waals surface area contributed by atoms with Crippen LogP contribution in [0, 0.1) is 12.7 Å². The quantitative estimate of drug-likeness (QED) is 0.371. The van der Waals surface area contributed by atoms with Crippen LogP contribution in [-0.4, -0.2) is 55.9 Å². The molecule has 0 amide bonds. The molecular weight excluding hydrogens is 482 g/mol. The molecule has 0 bridgehead atoms. The summed E-state index contributed by atoms with van der Waals surface area (Å²) in [7, 11) is 3.81. The molecule has 2 aromatic carbocycles. The minimum atomic E-state index is -5.08. The summed E-state index contributed by atoms with van der Waals surface area (Å²) in [6, 6.07) is 11.5. The van der Waals surface area contributed by atoms with E-state index in [0.717, 1.165) is 28.0 Å². The zero-order chi connectivity index (χ0) is 26.2. The summed E-state index contributed by atoms with van der Waals surface area (Å²) in [6.07, 6.45) is -2.65. The summed E-state index contributed by atoms with van der Waals surface area (Å²) >= 11 is 0. The van der Waals surface area contributed by atoms with Gasteiger partial charge in [0.25, 0.3) is 5.89 Å². The van der Waals surface area contributed by atoms with Gasteiger partial charge in [-0.3, -0.25) is 0 Å². The second kappa shape index (κ2) is 9.69. The van der Waals surface area contributed by atoms with Crippen molar-refractivity contribution in [3.05, 3.63) is 53.6 Å². The predicted molar refractivity (Wildman–Crippen MR) is 123 cm³/mol. The Bertz CT molecular complexity index is 1410. The Kier molecular flexibility index (Phi) is 6.81. The van der Waals surface area contributed by atoms with Gasteiger partial charge >= 0.3 is 12.1 Å². The van der Waals surface area contributed by atoms with Gasteiger partial charge in [0, 0.05) is 29.3 Å². The van der Waals surface area contributed by atoms with Crippen molar-refractivity contribution >= 4 is 17.0 Å². The van der Waals surface area contributed by atoms with E-state index >= 15 is 0 Å². The van der Waals surface area contributed by atoms with Crippen LogP contribution < -0.4 is 0 Å². The molecule has 4 aromatic rings. The number of imidazole rings is 1. The smallest absolute Gasteiger partial charge is 0.475 e. The van der Waals surface area contributed by atoms with E-state index < -0.39 is 12.1 Å². The van der Waals surface area contributed by atoms with Gasteiger partial charge in [-0.1, -0.05) is 5.16 Å². The molecule has 0 spiro atoms. The fraction of sp³-hybridized carbons (Fsp3) is 0.333. The number of carboxylic acid groups (broad SMARTS) is 1. The molecule has 8 nitrogen and oxygen atoms in total. The monoisotopic (exact) mass is 505 g/mol. The Labute approximate surface area is 203 Å². The first-order valence-corrected chi connectivity index (χ1v) is 11.0. The van der Waals surface area contributed by atoms with Crippen LogP contribution in [0.15, 0.2) is 40.9 Å². The Hall–Kier alpha value is -3.80. The SMILES string of the molecule is Cc1nc2cc(-c3nc(-c4ccc(F)c(CN(C)C)c4)no3)ccc2n1C1CC1.O=C(O)C(F)(F)F. The highest BCUT2D eigenvalue weighted by molar-refractivity contribution is 5.81. The Morgan fingerprint density at radius 3 is 2.42 bits per heavy atom. The lowest BCUT2D eigenvalue weighted by molar-refractivity contribution is -0.192. The van der Waals surface area contributed by atoms with Crippen LogP contribution >= 0.6 is 0 Å². The number of aromatic nitrogens is 4. The first-order chi connectivity index (χ1) is 16.9. The van der Waals surface area contributed by atoms with Crippen LogP contribution in [0.1, 0.15) is 30.3 Å². The first-order valence-electron chi connectivity index (χ1n) is 11.0. The highest BCUT2D eigenvalue weighted by atomic mass is 19.4. The number of nitrogens with zero attached hydrogens (tertiary/aromatic N) is 5. The third-order valence-corrected chi connectivity index (χ3v) is 5.48. The van der Waals surface area contributed by atoms with Crippen molar-refractivity contribution in [2.45, 2.75) is 38.5 Å². The molecule has 2 heterocycles. The molecule has 190 valence electrons. The van der Waals surface area contributed by atoms with Crippen LogP contribution in [0.25, 0.3) is 33.9 Å². The third-order valence-electron chi connectivity index (χ3n) is 5.48. The predicted octanol–water partition coefficient (Wildman–Crippen LogP) is 5.23. The lowest BCUT2D eigenvalue weighted by atomic mass is 10.1. The van der Waals surface area contributed by atoms with Crippen LogP contribution in [0.4, 0.5) is 17.6 Å². The molecule has 1 aliphatic rings. The van der Waals surface area contributed by atoms with E-state index in [1.54, 1.807) is 12.1 Å². The van der Waals surface area contributed by atoms with Crippen LogP contribution in [0.5, 0.6) is 0 Å². The second-order valence-corrected chi connectivity index (χ2v) is 8.73. The number of aryl methyl sites for hydroxylation is 1. The molecule has 0 radical (unpaired) electrons. The van der Waals surface area contributed by atoms with E-state index in [2.05, 4.69) is 20.8 Å². The van der Waals surface area contributed by atoms with Crippen molar-refractivity contribution < 1.29 is 32.0 Å². The Morgan fingerprint density at radius 2 is 1.81 bits per heavy atom. The van der Waals surface area contributed by atoms with E-state index in [1.165, 1.54) is 18.9 Å². The number of benzene rings is 2. The number of hydrogen-bond acceptors (Lipinski definition) is 6. The molecule has 2 aromatic heterocycles. The van der Waals surface area contributed by atoms with Gasteiger partial charge < -0.3 is 19.1 Å². The molecule has 5 rings (SSSR count). The zero-order valence-electron chi connectivity index (χ0n) is 19.7. The molecule has 1 saturated carbocycles. The number of carboxylic acids is 1. The summed E-state index contributed by atoms with van der Waals surface area (Å²) < 4.78 is 53.6. The second-order valence-electron chi connectivity index (χ2n) is 8.73. The zero-order valence-corrected chi connectivity index (χ0v) is 19.7. The third kappa shape index (κ3) is 5.54. The molecule has 0 saturated heterocycles. The first kappa shape index (κ1) is 25.3. The average molecular weight is 505 g/mol. The highest BCUT2D eigenvalue weighted by Gasteiger charge is 2.38. The molecular formula is C24H23F4N5O3. The minimum Gasteiger partial charge on any atom is -0.475 e. The molecule has 36 heavy (non-hydrogen) atoms. The van der Waals surface area contributed by atoms with Gasteiger partial charge in [0.05, 0.1) is 11.0 Å². The van der Waals surface area contributed by atoms with E-state index in [9.17, 15) is 17.6 Å². The molecule has 0 unspecified atom stereocenters. The average Bonchev–Trinajstić information content (AvgIpc) is 3.39. The van der Waals surface area contributed by atoms with Crippen molar-refractivity contribution in [2.75, 3.05) is 14.1 Å². The topological polar surface area (TPSA) is 97.3 Å². The van der Waals surface area contributed by atoms with Gasteiger partial charge in [0.2, 0.25) is 5.82 Å². The normalized spacial score (nSPS) is 13.7. The highest BCUT2D eigenvalue weighted by Crippen LogP contribution is 2.39. The molecule has 1 N–H and O–H groups in total. The van der Waals surface area contributed by atoms with E-state index in [0.29, 0.717) is 29.9 Å². The van der Waals surface area contributed by atoms with Crippen molar-refractivity contribution in [3.8, 4) is 22.8 Å². The lowest BCUT2D eigenvalue weighted by Crippen LogP contribution is -2.21. The van der Waals surface area contributed by atoms with Crippen molar-refractivity contribution in [3.63, 3.8) is 0 Å². The maximum absolute atomic E-state index is 14.1. The number of halogens is 4. The molecule has 1 aliphatic carbocycles. The van der Waals surface area contributed by atoms with Crippen molar-refractivity contribution in [1.29, 1.82) is 0 Å². The van der Waals surface area contributed by atoms with Gasteiger partial charge in [-0.25, -0.2) is 14.2 Å². The van der Waals surface area contributed by atoms with Crippen LogP contribution in [-0.2, 0) is 11.3 Å². The summed E-state index contributed by atoms with van der Waals surface area (Å²) in [6.45, 7) is 2.55. The maximum Gasteiger partial charge on any atom is 0.490 e. The number of carbonyl (C=O) groups is 1. The molecule has 12 heteroatoms. The minimum absolute atomic E-state index is 0.238. The molecule has 0 aliphatic heterocycles. The maximum atomic E-state index is 14.1. The molecule has 1 fully saturated rings. The van der Waals surface area contributed by atoms with Crippen molar-refractivity contribution in [2.24, 2.45) is 0 Å². The van der Waals surface area contributed by atoms with Crippen LogP contribution in [0.3, 0.4) is 0 Å². The van der Waals surface area contributed by atoms with Gasteiger partial charge in [-0.05, 0) is 70.3 Å². The summed E-state index contributed by atoms with van der Waals surface area (Å²) in [5.41, 5.74) is 4.23. The summed E-state index contributed by atoms with van der Waals surface area (Å²) in [5, 5.41) is 11.2. The standard InChI is InChI=1S/C22H22FN5O.C2HF3O2/c1-13-24-19-11-15(5-9-20(19)28(13)17-6-7-17)22-25-21(26-29-22)14-4-8-18(23)16(10-14)12-27(2)3;3-2(4,5)1(6)7/h4-5,8-11,17H,6-7,12H2,1-3H3;(H,6,7). The van der Waals surface area contributed by atoms with Gasteiger partial charge in [0.1, 0.15) is 11.6 Å². The molecule has 0 atom stereocenters. The van der Waals surface area contributed by atoms with E-state index in [4.69, 9.17) is 19.4 Å². The van der Waals surface area contributed by atoms with Gasteiger partial charge in [-0.15, -0.1) is 0 Å². The number of alkyl halides is 3. The lowest BCUT2D eigenvalue weighted by Gasteiger charge is -2.11. The largest absolute Gasteiger partial charge is 0.490 e. The summed E-state index contributed by atoms with van der Waals surface area (Å²) in [4.78, 5) is 20.1. The van der Waals surface area contributed by atoms with Crippen LogP contribution in [0.2, 0.25) is 0 Å². The summed E-state index contributed by atoms with van der Waals surface area (Å²) in [5.74, 6) is -1.09. The Balaban J connectivity index is 0.000000384. The number of rotatable bonds is 5. The fourth-order valence-corrected chi connectivity index (χ4v) is 3.78. The fourth-order valence-electron chi connectivity index (χ4n) is 3.78. The van der Waals surface area contributed by atoms with Gasteiger partial charge in [0.15, 0.2) is 0 Å². The van der Waals surface area contributed by atoms with E-state index in [1.807, 2.05) is 38.1 Å². The number of aliphatic carboxylic acids is 1. The van der Waals surface area contributed by atoms with Crippen molar-refractivity contribution in [1.82, 2.24) is 24.6 Å². The Morgan fingerprint density at radius 1 is 1.14 bits per heavy atom. The number of fused-ring (bicyclic) bond motifs is 1. The van der Waals surface area contributed by atoms with Gasteiger partial charge in [-0.2, -0.15) is 18.2 Å².